The summed E-state index contributed by atoms with van der Waals surface area (Å²) in [5.74, 6) is 0.00224. The van der Waals surface area contributed by atoms with E-state index in [2.05, 4.69) is 27.8 Å². The highest BCUT2D eigenvalue weighted by molar-refractivity contribution is 9.11. The summed E-state index contributed by atoms with van der Waals surface area (Å²) < 4.78 is 0.716. The number of aromatic hydroxyl groups is 1. The number of hydrogen-bond donors (Lipinski definition) is 2. The summed E-state index contributed by atoms with van der Waals surface area (Å²) in [5.41, 5.74) is 0.621. The standard InChI is InChI=1S/C11H12BrNO2/c1-8(12)7-13-11(15)6-9-4-2-3-5-10(9)14/h2-5,14H,1,6-7H2,(H,13,15). The zero-order chi connectivity index (χ0) is 11.3. The minimum Gasteiger partial charge on any atom is -0.508 e. The number of phenols is 1. The Morgan fingerprint density at radius 1 is 1.47 bits per heavy atom. The average molecular weight is 270 g/mol. The number of hydrogen-bond acceptors (Lipinski definition) is 2. The molecule has 4 heteroatoms. The summed E-state index contributed by atoms with van der Waals surface area (Å²) in [6.45, 7) is 4.00. The first-order chi connectivity index (χ1) is 7.09. The minimum absolute atomic E-state index is 0.142. The van der Waals surface area contributed by atoms with Gasteiger partial charge in [-0.2, -0.15) is 0 Å². The molecule has 1 aromatic carbocycles. The van der Waals surface area contributed by atoms with Crippen molar-refractivity contribution in [3.63, 3.8) is 0 Å². The molecule has 0 saturated carbocycles. The van der Waals surface area contributed by atoms with Gasteiger partial charge in [0.25, 0.3) is 0 Å². The van der Waals surface area contributed by atoms with Gasteiger partial charge < -0.3 is 10.4 Å². The molecule has 1 amide bonds. The second-order valence-corrected chi connectivity index (χ2v) is 4.22. The molecule has 0 spiro atoms. The minimum atomic E-state index is -0.142. The van der Waals surface area contributed by atoms with E-state index in [0.717, 1.165) is 0 Å². The number of benzene rings is 1. The van der Waals surface area contributed by atoms with Crippen molar-refractivity contribution in [3.8, 4) is 5.75 Å². The lowest BCUT2D eigenvalue weighted by molar-refractivity contribution is -0.120. The molecule has 0 aliphatic carbocycles. The molecule has 0 unspecified atom stereocenters. The molecule has 2 N–H and O–H groups in total. The summed E-state index contributed by atoms with van der Waals surface area (Å²) >= 11 is 3.14. The van der Waals surface area contributed by atoms with Crippen LogP contribution in [0.3, 0.4) is 0 Å². The third-order valence-corrected chi connectivity index (χ3v) is 2.10. The zero-order valence-electron chi connectivity index (χ0n) is 8.16. The molecule has 0 bridgehead atoms. The smallest absolute Gasteiger partial charge is 0.224 e. The molecule has 15 heavy (non-hydrogen) atoms. The van der Waals surface area contributed by atoms with E-state index in [1.54, 1.807) is 24.3 Å². The largest absolute Gasteiger partial charge is 0.508 e. The maximum absolute atomic E-state index is 11.4. The van der Waals surface area contributed by atoms with Gasteiger partial charge in [-0.25, -0.2) is 0 Å². The highest BCUT2D eigenvalue weighted by Crippen LogP contribution is 2.15. The van der Waals surface area contributed by atoms with Gasteiger partial charge in [0.1, 0.15) is 5.75 Å². The van der Waals surface area contributed by atoms with Crippen molar-refractivity contribution >= 4 is 21.8 Å². The molecule has 1 aromatic rings. The number of amides is 1. The Bertz CT molecular complexity index is 377. The van der Waals surface area contributed by atoms with Crippen LogP contribution in [0.5, 0.6) is 5.75 Å². The summed E-state index contributed by atoms with van der Waals surface area (Å²) in [5, 5.41) is 12.1. The van der Waals surface area contributed by atoms with E-state index in [0.29, 0.717) is 16.6 Å². The molecule has 0 aliphatic rings. The number of nitrogens with one attached hydrogen (secondary N) is 1. The van der Waals surface area contributed by atoms with Crippen LogP contribution in [0.2, 0.25) is 0 Å². The predicted molar refractivity (Wildman–Crippen MR) is 62.9 cm³/mol. The van der Waals surface area contributed by atoms with Crippen LogP contribution in [-0.4, -0.2) is 17.6 Å². The van der Waals surface area contributed by atoms with Crippen molar-refractivity contribution in [2.45, 2.75) is 6.42 Å². The maximum Gasteiger partial charge on any atom is 0.224 e. The molecule has 1 rings (SSSR count). The highest BCUT2D eigenvalue weighted by atomic mass is 79.9. The van der Waals surface area contributed by atoms with E-state index >= 15 is 0 Å². The average Bonchev–Trinajstić information content (AvgIpc) is 2.18. The molecule has 80 valence electrons. The lowest BCUT2D eigenvalue weighted by atomic mass is 10.1. The third kappa shape index (κ3) is 4.16. The molecule has 0 atom stereocenters. The van der Waals surface area contributed by atoms with Gasteiger partial charge in [0, 0.05) is 16.6 Å². The number of carbonyl (C=O) groups is 1. The van der Waals surface area contributed by atoms with Gasteiger partial charge >= 0.3 is 0 Å². The van der Waals surface area contributed by atoms with Gasteiger partial charge in [-0.3, -0.25) is 4.79 Å². The van der Waals surface area contributed by atoms with Gasteiger partial charge in [0.15, 0.2) is 0 Å². The third-order valence-electron chi connectivity index (χ3n) is 1.82. The Balaban J connectivity index is 2.52. The van der Waals surface area contributed by atoms with Crippen molar-refractivity contribution in [2.75, 3.05) is 6.54 Å². The Labute approximate surface area is 96.9 Å². The highest BCUT2D eigenvalue weighted by Gasteiger charge is 2.06. The summed E-state index contributed by atoms with van der Waals surface area (Å²) in [7, 11) is 0. The van der Waals surface area contributed by atoms with E-state index < -0.39 is 0 Å². The maximum atomic E-state index is 11.4. The molecule has 3 nitrogen and oxygen atoms in total. The molecule has 0 aliphatic heterocycles. The van der Waals surface area contributed by atoms with Crippen molar-refractivity contribution in [1.29, 1.82) is 0 Å². The van der Waals surface area contributed by atoms with Crippen LogP contribution in [-0.2, 0) is 11.2 Å². The predicted octanol–water partition coefficient (Wildman–Crippen LogP) is 1.96. The lowest BCUT2D eigenvalue weighted by Crippen LogP contribution is -2.26. The SMILES string of the molecule is C=C(Br)CNC(=O)Cc1ccccc1O. The first-order valence-electron chi connectivity index (χ1n) is 4.46. The fourth-order valence-corrected chi connectivity index (χ4v) is 1.23. The topological polar surface area (TPSA) is 49.3 Å². The Kier molecular flexibility index (Phi) is 4.37. The van der Waals surface area contributed by atoms with Crippen LogP contribution >= 0.6 is 15.9 Å². The van der Waals surface area contributed by atoms with Crippen LogP contribution in [0.15, 0.2) is 35.3 Å². The second kappa shape index (κ2) is 5.56. The first-order valence-corrected chi connectivity index (χ1v) is 5.25. The van der Waals surface area contributed by atoms with Crippen molar-refractivity contribution < 1.29 is 9.90 Å². The number of halogens is 1. The Hall–Kier alpha value is -1.29. The van der Waals surface area contributed by atoms with Gasteiger partial charge in [0.2, 0.25) is 5.91 Å². The number of para-hydroxylation sites is 1. The molecule has 0 heterocycles. The number of carbonyl (C=O) groups excluding carboxylic acids is 1. The van der Waals surface area contributed by atoms with E-state index in [9.17, 15) is 9.90 Å². The summed E-state index contributed by atoms with van der Waals surface area (Å²) in [4.78, 5) is 11.4. The quantitative estimate of drug-likeness (QED) is 0.878. The molecule has 0 aromatic heterocycles. The van der Waals surface area contributed by atoms with Gasteiger partial charge in [-0.05, 0) is 6.07 Å². The van der Waals surface area contributed by atoms with Crippen molar-refractivity contribution in [1.82, 2.24) is 5.32 Å². The summed E-state index contributed by atoms with van der Waals surface area (Å²) in [6, 6.07) is 6.78. The molecular formula is C11H12BrNO2. The van der Waals surface area contributed by atoms with Crippen molar-refractivity contribution in [2.24, 2.45) is 0 Å². The number of phenolic OH excluding ortho intramolecular Hbond substituents is 1. The van der Waals surface area contributed by atoms with E-state index in [-0.39, 0.29) is 18.1 Å². The molecule has 0 fully saturated rings. The fraction of sp³-hybridized carbons (Fsp3) is 0.182. The van der Waals surface area contributed by atoms with Gasteiger partial charge in [0.05, 0.1) is 6.42 Å². The van der Waals surface area contributed by atoms with Crippen LogP contribution in [0.4, 0.5) is 0 Å². The first kappa shape index (κ1) is 11.8. The lowest BCUT2D eigenvalue weighted by Gasteiger charge is -2.05. The van der Waals surface area contributed by atoms with Crippen LogP contribution in [0, 0.1) is 0 Å². The molecule has 0 saturated heterocycles. The van der Waals surface area contributed by atoms with Crippen molar-refractivity contribution in [3.05, 3.63) is 40.9 Å². The Morgan fingerprint density at radius 2 is 2.13 bits per heavy atom. The van der Waals surface area contributed by atoms with Gasteiger partial charge in [-0.1, -0.05) is 40.7 Å². The fourth-order valence-electron chi connectivity index (χ4n) is 1.09. The zero-order valence-corrected chi connectivity index (χ0v) is 9.75. The van der Waals surface area contributed by atoms with Crippen LogP contribution < -0.4 is 5.32 Å². The number of rotatable bonds is 4. The summed E-state index contributed by atoms with van der Waals surface area (Å²) in [6.07, 6.45) is 0.174. The normalized spacial score (nSPS) is 9.67. The van der Waals surface area contributed by atoms with E-state index in [1.165, 1.54) is 0 Å². The second-order valence-electron chi connectivity index (χ2n) is 3.10. The molecular weight excluding hydrogens is 258 g/mol. The molecule has 0 radical (unpaired) electrons. The van der Waals surface area contributed by atoms with E-state index in [4.69, 9.17) is 0 Å². The monoisotopic (exact) mass is 269 g/mol. The van der Waals surface area contributed by atoms with Crippen LogP contribution in [0.1, 0.15) is 5.56 Å². The van der Waals surface area contributed by atoms with Gasteiger partial charge in [-0.15, -0.1) is 0 Å². The van der Waals surface area contributed by atoms with E-state index in [1.807, 2.05) is 0 Å². The van der Waals surface area contributed by atoms with Crippen LogP contribution in [0.25, 0.3) is 0 Å². The Morgan fingerprint density at radius 3 is 2.73 bits per heavy atom.